The highest BCUT2D eigenvalue weighted by atomic mass is 35.5. The van der Waals surface area contributed by atoms with Crippen LogP contribution in [0.1, 0.15) is 100 Å². The summed E-state index contributed by atoms with van der Waals surface area (Å²) >= 11 is 27.8. The molecule has 0 aliphatic heterocycles. The molecule has 2 heterocycles. The fourth-order valence-corrected chi connectivity index (χ4v) is 9.04. The molecule has 0 unspecified atom stereocenters. The van der Waals surface area contributed by atoms with Crippen molar-refractivity contribution in [1.82, 2.24) is 15.3 Å². The first-order valence-electron chi connectivity index (χ1n) is 22.7. The second-order valence-corrected chi connectivity index (χ2v) is 19.5. The van der Waals surface area contributed by atoms with E-state index >= 15 is 0 Å². The number of aliphatic hydroxyl groups is 1. The Balaban J connectivity index is 0.989. The Kier molecular flexibility index (Phi) is 15.7. The molecule has 8 rings (SSSR count). The minimum atomic E-state index is -0.279. The molecule has 2 N–H and O–H groups in total. The normalized spacial score (nSPS) is 14.1. The van der Waals surface area contributed by atoms with Gasteiger partial charge in [-0.1, -0.05) is 89.7 Å². The summed E-state index contributed by atoms with van der Waals surface area (Å²) in [6.45, 7) is 12.3. The highest BCUT2D eigenvalue weighted by Gasteiger charge is 2.42. The lowest BCUT2D eigenvalue weighted by molar-refractivity contribution is 0.0936. The van der Waals surface area contributed by atoms with Crippen molar-refractivity contribution in [1.29, 1.82) is 0 Å². The van der Waals surface area contributed by atoms with E-state index < -0.39 is 0 Å². The highest BCUT2D eigenvalue weighted by molar-refractivity contribution is 6.37. The molecule has 0 spiro atoms. The van der Waals surface area contributed by atoms with Crippen molar-refractivity contribution in [2.45, 2.75) is 85.2 Å². The maximum Gasteiger partial charge on any atom is 0.255 e. The third-order valence-electron chi connectivity index (χ3n) is 13.0. The molecule has 2 fully saturated rings. The molecule has 2 aromatic heterocycles. The molecule has 2 aliphatic carbocycles. The van der Waals surface area contributed by atoms with E-state index in [1.165, 1.54) is 6.20 Å². The first-order valence-corrected chi connectivity index (χ1v) is 24.2. The third-order valence-corrected chi connectivity index (χ3v) is 14.4. The van der Waals surface area contributed by atoms with Gasteiger partial charge < -0.3 is 29.4 Å². The third kappa shape index (κ3) is 12.1. The van der Waals surface area contributed by atoms with Crippen LogP contribution in [0.4, 0.5) is 5.69 Å². The molecule has 15 heteroatoms. The van der Waals surface area contributed by atoms with Crippen LogP contribution >= 0.6 is 46.4 Å². The van der Waals surface area contributed by atoms with E-state index in [1.807, 2.05) is 49.4 Å². The Morgan fingerprint density at radius 1 is 0.696 bits per heavy atom. The number of carbonyl (C=O) groups excluding carboxylic acids is 2. The van der Waals surface area contributed by atoms with Gasteiger partial charge in [-0.05, 0) is 91.7 Å². The van der Waals surface area contributed by atoms with Crippen molar-refractivity contribution >= 4 is 63.8 Å². The second-order valence-electron chi connectivity index (χ2n) is 17.9. The Labute approximate surface area is 421 Å². The van der Waals surface area contributed by atoms with Crippen LogP contribution < -0.4 is 24.3 Å². The molecule has 11 nitrogen and oxygen atoms in total. The number of aromatic nitrogens is 2. The summed E-state index contributed by atoms with van der Waals surface area (Å²) in [5.74, 6) is 0.689. The van der Waals surface area contributed by atoms with Gasteiger partial charge in [0.15, 0.2) is 5.78 Å². The van der Waals surface area contributed by atoms with Crippen LogP contribution in [0.25, 0.3) is 16.0 Å². The van der Waals surface area contributed by atoms with Gasteiger partial charge in [-0.3, -0.25) is 19.6 Å². The van der Waals surface area contributed by atoms with Gasteiger partial charge in [-0.25, -0.2) is 4.85 Å². The molecule has 6 aromatic rings. The predicted molar refractivity (Wildman–Crippen MR) is 268 cm³/mol. The Bertz CT molecular complexity index is 2930. The summed E-state index contributed by atoms with van der Waals surface area (Å²) < 4.78 is 25.0. The number of Topliss-reactive ketones (excluding diaryl/α,β-unsaturated/α-hetero) is 1. The van der Waals surface area contributed by atoms with E-state index in [4.69, 9.17) is 71.9 Å². The lowest BCUT2D eigenvalue weighted by atomic mass is 9.96. The maximum absolute atomic E-state index is 13.6. The Morgan fingerprint density at radius 2 is 1.23 bits per heavy atom. The number of hydrogen-bond acceptors (Lipinski definition) is 9. The SMILES string of the molecule is [C-]#[N+]c1cncc(COc2cc(OCc3cccc(-c4cccc(COc5cc(OCc6cncc(C)c6)c(C(=O)NCC6(CC)CC6)cc5Cl)c4Cl)c3Cl)c(Cl)cc2C(=O)CCC2(CO)CC2)c1. The number of aliphatic hydroxyl groups excluding tert-OH is 1. The van der Waals surface area contributed by atoms with E-state index in [0.29, 0.717) is 73.6 Å². The summed E-state index contributed by atoms with van der Waals surface area (Å²) in [5.41, 5.74) is 5.96. The number of nitrogens with zero attached hydrogens (tertiary/aromatic N) is 3. The van der Waals surface area contributed by atoms with Gasteiger partial charge in [-0.2, -0.15) is 0 Å². The zero-order valence-corrected chi connectivity index (χ0v) is 41.2. The number of pyridine rings is 2. The minimum absolute atomic E-state index is 0.00628. The minimum Gasteiger partial charge on any atom is -0.488 e. The lowest BCUT2D eigenvalue weighted by Gasteiger charge is -2.18. The number of rotatable bonds is 22. The number of aryl methyl sites for hydroxylation is 1. The predicted octanol–water partition coefficient (Wildman–Crippen LogP) is 13.6. The van der Waals surface area contributed by atoms with E-state index in [9.17, 15) is 14.7 Å². The van der Waals surface area contributed by atoms with Gasteiger partial charge in [-0.15, -0.1) is 0 Å². The van der Waals surface area contributed by atoms with Crippen molar-refractivity contribution in [3.8, 4) is 34.1 Å². The molecule has 69 heavy (non-hydrogen) atoms. The van der Waals surface area contributed by atoms with Gasteiger partial charge in [0.2, 0.25) is 5.69 Å². The summed E-state index contributed by atoms with van der Waals surface area (Å²) in [6, 6.07) is 21.1. The van der Waals surface area contributed by atoms with Crippen molar-refractivity contribution < 1.29 is 33.6 Å². The van der Waals surface area contributed by atoms with E-state index in [1.54, 1.807) is 48.9 Å². The summed E-state index contributed by atoms with van der Waals surface area (Å²) in [6.07, 6.45) is 12.2. The maximum atomic E-state index is 13.6. The van der Waals surface area contributed by atoms with Crippen LogP contribution in [-0.2, 0) is 26.4 Å². The van der Waals surface area contributed by atoms with Crippen molar-refractivity contribution in [2.24, 2.45) is 10.8 Å². The number of ketones is 1. The van der Waals surface area contributed by atoms with Gasteiger partial charge in [0.05, 0.1) is 37.8 Å². The zero-order chi connectivity index (χ0) is 48.7. The number of ether oxygens (including phenoxy) is 4. The zero-order valence-electron chi connectivity index (χ0n) is 38.2. The molecule has 4 aromatic carbocycles. The molecule has 356 valence electrons. The van der Waals surface area contributed by atoms with Crippen LogP contribution in [0.3, 0.4) is 0 Å². The largest absolute Gasteiger partial charge is 0.488 e. The number of halogens is 4. The van der Waals surface area contributed by atoms with Gasteiger partial charge >= 0.3 is 0 Å². The van der Waals surface area contributed by atoms with Crippen LogP contribution in [0, 0.1) is 24.3 Å². The molecule has 0 saturated heterocycles. The van der Waals surface area contributed by atoms with Gasteiger partial charge in [0, 0.05) is 84.3 Å². The van der Waals surface area contributed by atoms with Crippen LogP contribution in [0.2, 0.25) is 20.1 Å². The van der Waals surface area contributed by atoms with Crippen molar-refractivity contribution in [3.63, 3.8) is 0 Å². The smallest absolute Gasteiger partial charge is 0.255 e. The number of benzene rings is 4. The molecular weight excluding hydrogens is 958 g/mol. The molecule has 2 aliphatic rings. The van der Waals surface area contributed by atoms with Crippen LogP contribution in [0.15, 0.2) is 97.6 Å². The van der Waals surface area contributed by atoms with Gasteiger partial charge in [0.1, 0.15) is 49.4 Å². The van der Waals surface area contributed by atoms with Crippen molar-refractivity contribution in [3.05, 3.63) is 168 Å². The molecule has 0 radical (unpaired) electrons. The average molecular weight is 1010 g/mol. The monoisotopic (exact) mass is 1010 g/mol. The Morgan fingerprint density at radius 3 is 1.77 bits per heavy atom. The number of amides is 1. The highest BCUT2D eigenvalue weighted by Crippen LogP contribution is 2.50. The quantitative estimate of drug-likeness (QED) is 0.0504. The topological polar surface area (TPSA) is 133 Å². The van der Waals surface area contributed by atoms with E-state index in [0.717, 1.165) is 43.2 Å². The second kappa shape index (κ2) is 21.8. The first-order chi connectivity index (χ1) is 33.3. The fraction of sp³-hybridized carbons (Fsp3) is 0.315. The van der Waals surface area contributed by atoms with Crippen LogP contribution in [-0.4, -0.2) is 39.9 Å². The molecule has 0 bridgehead atoms. The number of nitrogens with one attached hydrogen (secondary N) is 1. The molecular formula is C54H50Cl4N4O7. The van der Waals surface area contributed by atoms with Crippen molar-refractivity contribution in [2.75, 3.05) is 13.2 Å². The lowest BCUT2D eigenvalue weighted by Crippen LogP contribution is -2.30. The standard InChI is InChI=1S/C54H50Cl4N4O7/c1-4-53(13-14-53)31-62-52(65)42-20-44(56)49(22-47(42)67-27-34-17-33(2)23-60-24-34)69-30-37-8-6-10-40(51(37)58)39-9-5-7-36(50(39)57)29-68-48-21-46(66-28-35-18-38(59-3)26-61-25-35)41(19-43(48)55)45(64)11-12-54(32-63)15-16-54/h5-10,17-26,63H,4,11-16,27-32H2,1-2H3,(H,62,65). The fourth-order valence-electron chi connectivity index (χ4n) is 8.04. The summed E-state index contributed by atoms with van der Waals surface area (Å²) in [4.78, 5) is 39.0. The van der Waals surface area contributed by atoms with E-state index in [2.05, 4.69) is 27.1 Å². The van der Waals surface area contributed by atoms with Gasteiger partial charge in [0.25, 0.3) is 5.91 Å². The molecule has 1 amide bonds. The summed E-state index contributed by atoms with van der Waals surface area (Å²) in [7, 11) is 0. The first kappa shape index (κ1) is 49.5. The molecule has 0 atom stereocenters. The summed E-state index contributed by atoms with van der Waals surface area (Å²) in [5, 5.41) is 14.2. The van der Waals surface area contributed by atoms with E-state index in [-0.39, 0.29) is 89.1 Å². The number of carbonyl (C=O) groups is 2. The molecule has 2 saturated carbocycles. The number of hydrogen-bond donors (Lipinski definition) is 2. The Hall–Kier alpha value is -5.87. The van der Waals surface area contributed by atoms with Crippen LogP contribution in [0.5, 0.6) is 23.0 Å². The average Bonchev–Trinajstić information content (AvgIpc) is 4.31.